The van der Waals surface area contributed by atoms with Gasteiger partial charge in [-0.3, -0.25) is 4.79 Å². The van der Waals surface area contributed by atoms with Crippen molar-refractivity contribution in [1.29, 1.82) is 0 Å². The van der Waals surface area contributed by atoms with Crippen LogP contribution in [0.5, 0.6) is 0 Å². The van der Waals surface area contributed by atoms with Gasteiger partial charge in [0.1, 0.15) is 6.04 Å². The van der Waals surface area contributed by atoms with Gasteiger partial charge >= 0.3 is 0 Å². The molecule has 20 heavy (non-hydrogen) atoms. The van der Waals surface area contributed by atoms with Crippen LogP contribution in [0.1, 0.15) is 17.2 Å². The average molecular weight is 309 g/mol. The Morgan fingerprint density at radius 3 is 2.45 bits per heavy atom. The van der Waals surface area contributed by atoms with E-state index < -0.39 is 6.04 Å². The van der Waals surface area contributed by atoms with Gasteiger partial charge in [-0.1, -0.05) is 59.6 Å². The van der Waals surface area contributed by atoms with Gasteiger partial charge in [0.05, 0.1) is 15.7 Å². The molecule has 1 atom stereocenters. The predicted molar refractivity (Wildman–Crippen MR) is 83.2 cm³/mol. The number of aryl methyl sites for hydroxylation is 1. The van der Waals surface area contributed by atoms with E-state index >= 15 is 0 Å². The maximum Gasteiger partial charge on any atom is 0.245 e. The molecule has 0 aliphatic heterocycles. The molecule has 0 heterocycles. The molecule has 0 saturated heterocycles. The van der Waals surface area contributed by atoms with Crippen molar-refractivity contribution in [2.24, 2.45) is 5.73 Å². The summed E-state index contributed by atoms with van der Waals surface area (Å²) in [6, 6.07) is 11.8. The number of nitrogens with one attached hydrogen (secondary N) is 1. The first-order valence-electron chi connectivity index (χ1n) is 6.06. The minimum Gasteiger partial charge on any atom is -0.322 e. The van der Waals surface area contributed by atoms with Crippen LogP contribution in [-0.4, -0.2) is 5.91 Å². The van der Waals surface area contributed by atoms with Gasteiger partial charge in [0.2, 0.25) is 5.91 Å². The van der Waals surface area contributed by atoms with Crippen LogP contribution in [0, 0.1) is 6.92 Å². The Morgan fingerprint density at radius 2 is 1.80 bits per heavy atom. The first kappa shape index (κ1) is 14.9. The first-order chi connectivity index (χ1) is 9.50. The van der Waals surface area contributed by atoms with E-state index in [1.54, 1.807) is 24.3 Å². The topological polar surface area (TPSA) is 55.1 Å². The van der Waals surface area contributed by atoms with E-state index in [1.165, 1.54) is 0 Å². The average Bonchev–Trinajstić information content (AvgIpc) is 2.47. The van der Waals surface area contributed by atoms with Gasteiger partial charge < -0.3 is 11.1 Å². The molecular formula is C15H14Cl2N2O. The van der Waals surface area contributed by atoms with Crippen molar-refractivity contribution < 1.29 is 4.79 Å². The number of amides is 1. The summed E-state index contributed by atoms with van der Waals surface area (Å²) in [6.07, 6.45) is 0. The second-order valence-corrected chi connectivity index (χ2v) is 5.22. The van der Waals surface area contributed by atoms with Crippen LogP contribution in [0.25, 0.3) is 0 Å². The molecule has 5 heteroatoms. The lowest BCUT2D eigenvalue weighted by molar-refractivity contribution is -0.117. The summed E-state index contributed by atoms with van der Waals surface area (Å²) in [7, 11) is 0. The number of hydrogen-bond acceptors (Lipinski definition) is 2. The Bertz CT molecular complexity index is 629. The molecule has 0 aliphatic carbocycles. The third kappa shape index (κ3) is 3.12. The Kier molecular flexibility index (Phi) is 4.65. The summed E-state index contributed by atoms with van der Waals surface area (Å²) < 4.78 is 0. The van der Waals surface area contributed by atoms with Crippen LogP contribution >= 0.6 is 23.2 Å². The van der Waals surface area contributed by atoms with Crippen molar-refractivity contribution in [3.63, 3.8) is 0 Å². The molecule has 0 saturated carbocycles. The van der Waals surface area contributed by atoms with Crippen molar-refractivity contribution >= 4 is 34.8 Å². The highest BCUT2D eigenvalue weighted by Crippen LogP contribution is 2.33. The molecule has 2 aromatic rings. The molecule has 3 N–H and O–H groups in total. The monoisotopic (exact) mass is 308 g/mol. The normalized spacial score (nSPS) is 12.0. The van der Waals surface area contributed by atoms with Crippen LogP contribution in [0.15, 0.2) is 42.5 Å². The van der Waals surface area contributed by atoms with E-state index in [4.69, 9.17) is 28.9 Å². The molecule has 0 unspecified atom stereocenters. The quantitative estimate of drug-likeness (QED) is 0.902. The highest BCUT2D eigenvalue weighted by atomic mass is 35.5. The first-order valence-corrected chi connectivity index (χ1v) is 6.82. The van der Waals surface area contributed by atoms with Gasteiger partial charge in [-0.2, -0.15) is 0 Å². The molecule has 3 nitrogen and oxygen atoms in total. The molecule has 0 radical (unpaired) electrons. The summed E-state index contributed by atoms with van der Waals surface area (Å²) in [5.41, 5.74) is 7.88. The summed E-state index contributed by atoms with van der Waals surface area (Å²) in [5.74, 6) is -0.356. The molecular weight excluding hydrogens is 295 g/mol. The zero-order valence-electron chi connectivity index (χ0n) is 10.9. The zero-order valence-corrected chi connectivity index (χ0v) is 12.4. The number of rotatable bonds is 3. The molecule has 0 spiro atoms. The minimum absolute atomic E-state index is 0.356. The number of anilines is 1. The van der Waals surface area contributed by atoms with Crippen molar-refractivity contribution in [3.8, 4) is 0 Å². The van der Waals surface area contributed by atoms with Crippen molar-refractivity contribution in [3.05, 3.63) is 63.6 Å². The number of carbonyl (C=O) groups excluding carboxylic acids is 1. The van der Waals surface area contributed by atoms with Crippen molar-refractivity contribution in [1.82, 2.24) is 0 Å². The van der Waals surface area contributed by atoms with Crippen LogP contribution in [0.4, 0.5) is 5.69 Å². The standard InChI is InChI=1S/C15H14Cl2N2O/c1-9-7-8-11(16)14(12(9)17)19-15(20)13(18)10-5-3-2-4-6-10/h2-8,13H,18H2,1H3,(H,19,20)/t13-/m0/s1. The van der Waals surface area contributed by atoms with Gasteiger partial charge in [0.15, 0.2) is 0 Å². The fourth-order valence-corrected chi connectivity index (χ4v) is 2.25. The molecule has 0 aromatic heterocycles. The Hall–Kier alpha value is -1.55. The Morgan fingerprint density at radius 1 is 1.15 bits per heavy atom. The van der Waals surface area contributed by atoms with Gasteiger partial charge in [-0.15, -0.1) is 0 Å². The number of halogens is 2. The maximum absolute atomic E-state index is 12.2. The zero-order chi connectivity index (χ0) is 14.7. The van der Waals surface area contributed by atoms with Crippen LogP contribution in [0.2, 0.25) is 10.0 Å². The van der Waals surface area contributed by atoms with Crippen molar-refractivity contribution in [2.75, 3.05) is 5.32 Å². The minimum atomic E-state index is -0.774. The molecule has 1 amide bonds. The number of nitrogens with two attached hydrogens (primary N) is 1. The summed E-state index contributed by atoms with van der Waals surface area (Å²) >= 11 is 12.2. The van der Waals surface area contributed by atoms with E-state index in [0.717, 1.165) is 11.1 Å². The fraction of sp³-hybridized carbons (Fsp3) is 0.133. The van der Waals surface area contributed by atoms with E-state index in [9.17, 15) is 4.79 Å². The smallest absolute Gasteiger partial charge is 0.245 e. The van der Waals surface area contributed by atoms with Gasteiger partial charge in [-0.25, -0.2) is 0 Å². The summed E-state index contributed by atoms with van der Waals surface area (Å²) in [5, 5.41) is 3.50. The molecule has 0 bridgehead atoms. The summed E-state index contributed by atoms with van der Waals surface area (Å²) in [6.45, 7) is 1.84. The van der Waals surface area contributed by atoms with Gasteiger partial charge in [-0.05, 0) is 24.1 Å². The van der Waals surface area contributed by atoms with E-state index in [2.05, 4.69) is 5.32 Å². The molecule has 2 aromatic carbocycles. The number of carbonyl (C=O) groups is 1. The molecule has 104 valence electrons. The van der Waals surface area contributed by atoms with E-state index in [-0.39, 0.29) is 5.91 Å². The lowest BCUT2D eigenvalue weighted by Crippen LogP contribution is -2.28. The third-order valence-electron chi connectivity index (χ3n) is 2.97. The lowest BCUT2D eigenvalue weighted by Gasteiger charge is -2.15. The van der Waals surface area contributed by atoms with E-state index in [1.807, 2.05) is 25.1 Å². The molecule has 0 aliphatic rings. The molecule has 2 rings (SSSR count). The highest BCUT2D eigenvalue weighted by Gasteiger charge is 2.18. The van der Waals surface area contributed by atoms with Crippen molar-refractivity contribution in [2.45, 2.75) is 13.0 Å². The lowest BCUT2D eigenvalue weighted by atomic mass is 10.1. The predicted octanol–water partition coefficient (Wildman–Crippen LogP) is 3.94. The third-order valence-corrected chi connectivity index (χ3v) is 3.78. The SMILES string of the molecule is Cc1ccc(Cl)c(NC(=O)[C@@H](N)c2ccccc2)c1Cl. The van der Waals surface area contributed by atoms with Gasteiger partial charge in [0.25, 0.3) is 0 Å². The largest absolute Gasteiger partial charge is 0.322 e. The summed E-state index contributed by atoms with van der Waals surface area (Å²) in [4.78, 5) is 12.2. The number of benzene rings is 2. The van der Waals surface area contributed by atoms with Crippen LogP contribution < -0.4 is 11.1 Å². The second-order valence-electron chi connectivity index (χ2n) is 4.43. The van der Waals surface area contributed by atoms with E-state index in [0.29, 0.717) is 15.7 Å². The Balaban J connectivity index is 2.23. The molecule has 0 fully saturated rings. The fourth-order valence-electron chi connectivity index (χ4n) is 1.78. The van der Waals surface area contributed by atoms with Crippen LogP contribution in [0.3, 0.4) is 0 Å². The maximum atomic E-state index is 12.2. The number of hydrogen-bond donors (Lipinski definition) is 2. The Labute approximate surface area is 127 Å². The highest BCUT2D eigenvalue weighted by molar-refractivity contribution is 6.40. The van der Waals surface area contributed by atoms with Crippen LogP contribution in [-0.2, 0) is 4.79 Å². The van der Waals surface area contributed by atoms with Gasteiger partial charge in [0, 0.05) is 0 Å². The second kappa shape index (κ2) is 6.27.